The summed E-state index contributed by atoms with van der Waals surface area (Å²) in [6.07, 6.45) is 3.52. The number of nitrogens with two attached hydrogens (primary N) is 1. The number of likely N-dealkylation sites (tertiary alicyclic amines) is 2. The Balaban J connectivity index is 0.00000364. The van der Waals surface area contributed by atoms with Gasteiger partial charge in [-0.3, -0.25) is 14.4 Å². The summed E-state index contributed by atoms with van der Waals surface area (Å²) >= 11 is 0. The standard InChI is InChI=1S/C18H33N5O3.2ClH/c1-21(2)9-10-22-13-14(11-17(22)25)18(26)23-8-4-3-5-15(23)12-20-16(24)6-7-19;;/h14-15H,3-13,19H2,1-2H3,(H,20,24);2*1H. The molecule has 2 aliphatic rings. The number of halogens is 2. The van der Waals surface area contributed by atoms with Gasteiger partial charge in [-0.1, -0.05) is 0 Å². The van der Waals surface area contributed by atoms with Crippen molar-refractivity contribution < 1.29 is 14.4 Å². The Kier molecular flexibility index (Phi) is 12.7. The summed E-state index contributed by atoms with van der Waals surface area (Å²) in [5, 5.41) is 2.88. The molecule has 2 fully saturated rings. The smallest absolute Gasteiger partial charge is 0.228 e. The molecule has 28 heavy (non-hydrogen) atoms. The number of hydrogen-bond donors (Lipinski definition) is 2. The molecular weight excluding hydrogens is 405 g/mol. The summed E-state index contributed by atoms with van der Waals surface area (Å²) < 4.78 is 0. The number of likely N-dealkylation sites (N-methyl/N-ethyl adjacent to an activating group) is 1. The third-order valence-electron chi connectivity index (χ3n) is 5.20. The Labute approximate surface area is 180 Å². The van der Waals surface area contributed by atoms with Gasteiger partial charge in [-0.15, -0.1) is 24.8 Å². The van der Waals surface area contributed by atoms with Gasteiger partial charge in [0.1, 0.15) is 0 Å². The molecule has 10 heteroatoms. The molecule has 0 spiro atoms. The van der Waals surface area contributed by atoms with E-state index in [-0.39, 0.29) is 54.5 Å². The Morgan fingerprint density at radius 1 is 1.25 bits per heavy atom. The number of piperidine rings is 1. The molecule has 0 aromatic rings. The first-order valence-electron chi connectivity index (χ1n) is 9.62. The van der Waals surface area contributed by atoms with E-state index in [1.807, 2.05) is 23.9 Å². The van der Waals surface area contributed by atoms with Crippen LogP contribution in [0.1, 0.15) is 32.1 Å². The molecule has 0 aromatic heterocycles. The molecule has 164 valence electrons. The second kappa shape index (κ2) is 13.2. The van der Waals surface area contributed by atoms with Crippen molar-refractivity contribution in [1.29, 1.82) is 0 Å². The highest BCUT2D eigenvalue weighted by molar-refractivity contribution is 5.89. The molecule has 2 heterocycles. The Morgan fingerprint density at radius 3 is 2.61 bits per heavy atom. The molecule has 0 aliphatic carbocycles. The van der Waals surface area contributed by atoms with Gasteiger partial charge in [0, 0.05) is 58.2 Å². The van der Waals surface area contributed by atoms with Crippen LogP contribution in [0.5, 0.6) is 0 Å². The SMILES string of the molecule is CN(C)CCN1CC(C(=O)N2CCCCC2CNC(=O)CCN)CC1=O.Cl.Cl. The first-order valence-corrected chi connectivity index (χ1v) is 9.62. The van der Waals surface area contributed by atoms with Gasteiger partial charge in [0.05, 0.1) is 5.92 Å². The minimum atomic E-state index is -0.259. The van der Waals surface area contributed by atoms with Crippen molar-refractivity contribution in [3.05, 3.63) is 0 Å². The Hall–Kier alpha value is -1.09. The topological polar surface area (TPSA) is 99.0 Å². The van der Waals surface area contributed by atoms with E-state index >= 15 is 0 Å². The molecule has 2 atom stereocenters. The maximum Gasteiger partial charge on any atom is 0.228 e. The second-order valence-electron chi connectivity index (χ2n) is 7.57. The summed E-state index contributed by atoms with van der Waals surface area (Å²) in [6, 6.07) is 0.0175. The fraction of sp³-hybridized carbons (Fsp3) is 0.833. The lowest BCUT2D eigenvalue weighted by atomic mass is 9.98. The molecule has 2 unspecified atom stereocenters. The number of hydrogen-bond acceptors (Lipinski definition) is 5. The molecule has 0 saturated carbocycles. The van der Waals surface area contributed by atoms with Gasteiger partial charge in [-0.05, 0) is 33.4 Å². The average molecular weight is 440 g/mol. The summed E-state index contributed by atoms with van der Waals surface area (Å²) in [7, 11) is 3.95. The molecule has 8 nitrogen and oxygen atoms in total. The van der Waals surface area contributed by atoms with Crippen molar-refractivity contribution in [3.8, 4) is 0 Å². The van der Waals surface area contributed by atoms with E-state index in [4.69, 9.17) is 5.73 Å². The van der Waals surface area contributed by atoms with Crippen molar-refractivity contribution in [2.75, 3.05) is 53.4 Å². The van der Waals surface area contributed by atoms with Crippen LogP contribution in [0.4, 0.5) is 0 Å². The number of nitrogens with one attached hydrogen (secondary N) is 1. The first-order chi connectivity index (χ1) is 12.4. The molecule has 0 aromatic carbocycles. The predicted molar refractivity (Wildman–Crippen MR) is 114 cm³/mol. The fourth-order valence-electron chi connectivity index (χ4n) is 3.66. The lowest BCUT2D eigenvalue weighted by Crippen LogP contribution is -2.51. The van der Waals surface area contributed by atoms with E-state index < -0.39 is 0 Å². The highest BCUT2D eigenvalue weighted by atomic mass is 35.5. The van der Waals surface area contributed by atoms with Gasteiger partial charge < -0.3 is 25.8 Å². The minimum Gasteiger partial charge on any atom is -0.354 e. The van der Waals surface area contributed by atoms with Crippen LogP contribution in [0.15, 0.2) is 0 Å². The van der Waals surface area contributed by atoms with Crippen molar-refractivity contribution in [3.63, 3.8) is 0 Å². The molecule has 0 radical (unpaired) electrons. The predicted octanol–water partition coefficient (Wildman–Crippen LogP) is 0.0862. The first kappa shape index (κ1) is 26.9. The molecule has 0 bridgehead atoms. The molecular formula is C18H35Cl2N5O3. The van der Waals surface area contributed by atoms with E-state index in [2.05, 4.69) is 5.32 Å². The number of nitrogens with zero attached hydrogens (tertiary/aromatic N) is 3. The molecule has 2 rings (SSSR count). The van der Waals surface area contributed by atoms with Crippen LogP contribution in [-0.2, 0) is 14.4 Å². The maximum absolute atomic E-state index is 13.0. The maximum atomic E-state index is 13.0. The zero-order valence-electron chi connectivity index (χ0n) is 16.9. The summed E-state index contributed by atoms with van der Waals surface area (Å²) in [5.74, 6) is -0.208. The molecule has 2 aliphatic heterocycles. The largest absolute Gasteiger partial charge is 0.354 e. The van der Waals surface area contributed by atoms with Crippen LogP contribution in [0.25, 0.3) is 0 Å². The summed E-state index contributed by atoms with van der Waals surface area (Å²) in [6.45, 7) is 3.47. The van der Waals surface area contributed by atoms with Gasteiger partial charge in [0.15, 0.2) is 0 Å². The van der Waals surface area contributed by atoms with Crippen LogP contribution in [0.3, 0.4) is 0 Å². The highest BCUT2D eigenvalue weighted by Crippen LogP contribution is 2.24. The third kappa shape index (κ3) is 7.73. The molecule has 3 N–H and O–H groups in total. The summed E-state index contributed by atoms with van der Waals surface area (Å²) in [5.41, 5.74) is 5.40. The zero-order valence-corrected chi connectivity index (χ0v) is 18.5. The second-order valence-corrected chi connectivity index (χ2v) is 7.57. The number of rotatable bonds is 8. The monoisotopic (exact) mass is 439 g/mol. The van der Waals surface area contributed by atoms with Crippen molar-refractivity contribution in [2.24, 2.45) is 11.7 Å². The van der Waals surface area contributed by atoms with Gasteiger partial charge in [-0.2, -0.15) is 0 Å². The van der Waals surface area contributed by atoms with E-state index in [0.717, 1.165) is 25.8 Å². The van der Waals surface area contributed by atoms with Crippen LogP contribution in [0.2, 0.25) is 0 Å². The van der Waals surface area contributed by atoms with Crippen LogP contribution >= 0.6 is 24.8 Å². The lowest BCUT2D eigenvalue weighted by molar-refractivity contribution is -0.139. The zero-order chi connectivity index (χ0) is 19.1. The van der Waals surface area contributed by atoms with Crippen molar-refractivity contribution >= 4 is 42.5 Å². The third-order valence-corrected chi connectivity index (χ3v) is 5.20. The van der Waals surface area contributed by atoms with Gasteiger partial charge >= 0.3 is 0 Å². The van der Waals surface area contributed by atoms with Gasteiger partial charge in [0.25, 0.3) is 0 Å². The molecule has 2 saturated heterocycles. The van der Waals surface area contributed by atoms with Crippen LogP contribution in [-0.4, -0.2) is 91.8 Å². The van der Waals surface area contributed by atoms with E-state index in [1.165, 1.54) is 0 Å². The van der Waals surface area contributed by atoms with Crippen LogP contribution in [0, 0.1) is 5.92 Å². The fourth-order valence-corrected chi connectivity index (χ4v) is 3.66. The molecule has 3 amide bonds. The Morgan fingerprint density at radius 2 is 1.96 bits per heavy atom. The number of carbonyl (C=O) groups is 3. The number of carbonyl (C=O) groups excluding carboxylic acids is 3. The lowest BCUT2D eigenvalue weighted by Gasteiger charge is -2.37. The van der Waals surface area contributed by atoms with Gasteiger partial charge in [-0.25, -0.2) is 0 Å². The van der Waals surface area contributed by atoms with E-state index in [0.29, 0.717) is 45.6 Å². The summed E-state index contributed by atoms with van der Waals surface area (Å²) in [4.78, 5) is 42.6. The normalized spacial score (nSPS) is 21.9. The Bertz CT molecular complexity index is 521. The van der Waals surface area contributed by atoms with Crippen molar-refractivity contribution in [2.45, 2.75) is 38.1 Å². The average Bonchev–Trinajstić information content (AvgIpc) is 2.99. The van der Waals surface area contributed by atoms with E-state index in [9.17, 15) is 14.4 Å². The number of amides is 3. The van der Waals surface area contributed by atoms with E-state index in [1.54, 1.807) is 4.90 Å². The van der Waals surface area contributed by atoms with Gasteiger partial charge in [0.2, 0.25) is 17.7 Å². The van der Waals surface area contributed by atoms with Crippen molar-refractivity contribution in [1.82, 2.24) is 20.0 Å². The van der Waals surface area contributed by atoms with Crippen LogP contribution < -0.4 is 11.1 Å². The highest BCUT2D eigenvalue weighted by Gasteiger charge is 2.38. The minimum absolute atomic E-state index is 0. The quantitative estimate of drug-likeness (QED) is 0.557.